The molecule has 7 nitrogen and oxygen atoms in total. The van der Waals surface area contributed by atoms with Crippen molar-refractivity contribution in [2.24, 2.45) is 5.92 Å². The van der Waals surface area contributed by atoms with Gasteiger partial charge in [-0.3, -0.25) is 9.78 Å². The second-order valence-electron chi connectivity index (χ2n) is 6.13. The molecule has 1 N–H and O–H groups in total. The van der Waals surface area contributed by atoms with E-state index in [0.29, 0.717) is 31.3 Å². The average Bonchev–Trinajstić information content (AvgIpc) is 3.36. The van der Waals surface area contributed by atoms with E-state index in [4.69, 9.17) is 9.26 Å². The van der Waals surface area contributed by atoms with Crippen molar-refractivity contribution in [2.75, 3.05) is 18.5 Å². The Labute approximate surface area is 150 Å². The Bertz CT molecular complexity index is 889. The topological polar surface area (TPSA) is 90.1 Å². The molecule has 26 heavy (non-hydrogen) atoms. The van der Waals surface area contributed by atoms with Crippen LogP contribution in [0, 0.1) is 5.92 Å². The number of ether oxygens (including phenoxy) is 1. The van der Waals surface area contributed by atoms with E-state index < -0.39 is 0 Å². The second-order valence-corrected chi connectivity index (χ2v) is 6.13. The van der Waals surface area contributed by atoms with Crippen LogP contribution in [0.25, 0.3) is 11.4 Å². The highest BCUT2D eigenvalue weighted by Crippen LogP contribution is 2.22. The maximum atomic E-state index is 12.4. The third-order valence-corrected chi connectivity index (χ3v) is 4.32. The Hall–Kier alpha value is -3.06. The van der Waals surface area contributed by atoms with E-state index in [-0.39, 0.29) is 11.8 Å². The molecule has 1 aliphatic heterocycles. The highest BCUT2D eigenvalue weighted by atomic mass is 16.5. The van der Waals surface area contributed by atoms with Crippen LogP contribution in [0.4, 0.5) is 5.69 Å². The van der Waals surface area contributed by atoms with Gasteiger partial charge in [0.2, 0.25) is 17.6 Å². The molecule has 0 spiro atoms. The van der Waals surface area contributed by atoms with Crippen molar-refractivity contribution in [3.63, 3.8) is 0 Å². The summed E-state index contributed by atoms with van der Waals surface area (Å²) in [5, 5.41) is 7.01. The van der Waals surface area contributed by atoms with Crippen molar-refractivity contribution < 1.29 is 14.1 Å². The number of hydrogen-bond acceptors (Lipinski definition) is 6. The lowest BCUT2D eigenvalue weighted by molar-refractivity contribution is -0.119. The molecule has 0 bridgehead atoms. The summed E-state index contributed by atoms with van der Waals surface area (Å²) in [4.78, 5) is 20.8. The molecule has 1 fully saturated rings. The zero-order valence-corrected chi connectivity index (χ0v) is 14.1. The van der Waals surface area contributed by atoms with Gasteiger partial charge in [-0.15, -0.1) is 0 Å². The Morgan fingerprint density at radius 3 is 2.85 bits per heavy atom. The third-order valence-electron chi connectivity index (χ3n) is 4.32. The summed E-state index contributed by atoms with van der Waals surface area (Å²) >= 11 is 0. The normalized spacial score (nSPS) is 16.5. The Morgan fingerprint density at radius 2 is 2.04 bits per heavy atom. The molecule has 3 heterocycles. The lowest BCUT2D eigenvalue weighted by atomic mass is 10.1. The van der Waals surface area contributed by atoms with E-state index in [1.807, 2.05) is 36.4 Å². The first-order chi connectivity index (χ1) is 12.8. The summed E-state index contributed by atoms with van der Waals surface area (Å²) < 4.78 is 10.7. The molecule has 1 aromatic carbocycles. The lowest BCUT2D eigenvalue weighted by Gasteiger charge is -2.12. The number of aromatic nitrogens is 3. The van der Waals surface area contributed by atoms with Gasteiger partial charge in [0.1, 0.15) is 0 Å². The number of para-hydroxylation sites is 1. The van der Waals surface area contributed by atoms with Gasteiger partial charge < -0.3 is 14.6 Å². The van der Waals surface area contributed by atoms with Crippen LogP contribution >= 0.6 is 0 Å². The number of amides is 1. The van der Waals surface area contributed by atoms with Crippen molar-refractivity contribution in [1.29, 1.82) is 0 Å². The summed E-state index contributed by atoms with van der Waals surface area (Å²) in [6, 6.07) is 11.3. The monoisotopic (exact) mass is 350 g/mol. The number of benzene rings is 1. The van der Waals surface area contributed by atoms with E-state index in [1.54, 1.807) is 12.4 Å². The summed E-state index contributed by atoms with van der Waals surface area (Å²) in [6.07, 6.45) is 4.56. The zero-order valence-electron chi connectivity index (χ0n) is 14.1. The van der Waals surface area contributed by atoms with Crippen LogP contribution in [0.2, 0.25) is 0 Å². The molecule has 4 rings (SSSR count). The molecule has 2 aromatic heterocycles. The molecule has 7 heteroatoms. The molecule has 3 aromatic rings. The van der Waals surface area contributed by atoms with Crippen molar-refractivity contribution in [3.05, 3.63) is 60.2 Å². The summed E-state index contributed by atoms with van der Waals surface area (Å²) in [6.45, 7) is 1.12. The van der Waals surface area contributed by atoms with Gasteiger partial charge in [-0.2, -0.15) is 4.98 Å². The number of carbonyl (C=O) groups excluding carboxylic acids is 1. The summed E-state index contributed by atoms with van der Waals surface area (Å²) in [7, 11) is 0. The van der Waals surface area contributed by atoms with Crippen LogP contribution in [-0.2, 0) is 16.0 Å². The van der Waals surface area contributed by atoms with Crippen LogP contribution in [0.15, 0.2) is 53.3 Å². The highest BCUT2D eigenvalue weighted by Gasteiger charge is 2.24. The van der Waals surface area contributed by atoms with Gasteiger partial charge in [0.25, 0.3) is 0 Å². The van der Waals surface area contributed by atoms with Gasteiger partial charge in [0.05, 0.1) is 18.9 Å². The van der Waals surface area contributed by atoms with Gasteiger partial charge in [0, 0.05) is 30.3 Å². The van der Waals surface area contributed by atoms with Crippen LogP contribution in [0.1, 0.15) is 17.9 Å². The molecule has 1 saturated heterocycles. The molecule has 0 saturated carbocycles. The maximum Gasteiger partial charge on any atom is 0.231 e. The van der Waals surface area contributed by atoms with Crippen molar-refractivity contribution in [1.82, 2.24) is 15.1 Å². The van der Waals surface area contributed by atoms with E-state index >= 15 is 0 Å². The number of pyridine rings is 1. The minimum Gasteiger partial charge on any atom is -0.381 e. The smallest absolute Gasteiger partial charge is 0.231 e. The van der Waals surface area contributed by atoms with Gasteiger partial charge in [-0.1, -0.05) is 23.4 Å². The van der Waals surface area contributed by atoms with E-state index in [0.717, 1.165) is 23.2 Å². The number of rotatable bonds is 5. The first kappa shape index (κ1) is 16.4. The number of anilines is 1. The zero-order chi connectivity index (χ0) is 17.8. The van der Waals surface area contributed by atoms with Crippen LogP contribution in [0.5, 0.6) is 0 Å². The molecule has 1 amide bonds. The van der Waals surface area contributed by atoms with Gasteiger partial charge >= 0.3 is 0 Å². The highest BCUT2D eigenvalue weighted by molar-refractivity contribution is 5.93. The number of hydrogen-bond donors (Lipinski definition) is 1. The van der Waals surface area contributed by atoms with Crippen LogP contribution in [0.3, 0.4) is 0 Å². The minimum atomic E-state index is -0.0928. The quantitative estimate of drug-likeness (QED) is 0.761. The number of nitrogens with one attached hydrogen (secondary N) is 1. The van der Waals surface area contributed by atoms with E-state index in [2.05, 4.69) is 20.4 Å². The average molecular weight is 350 g/mol. The largest absolute Gasteiger partial charge is 0.381 e. The van der Waals surface area contributed by atoms with Crippen molar-refractivity contribution >= 4 is 11.6 Å². The standard InChI is InChI=1S/C19H18N4O3/c24-19(15-7-10-25-12-15)21-16-4-2-1-3-14(16)11-17-22-18(23-26-17)13-5-8-20-9-6-13/h1-6,8-9,15H,7,10-12H2,(H,21,24)/t15-/m0/s1. The molecule has 0 unspecified atom stereocenters. The maximum absolute atomic E-state index is 12.4. The van der Waals surface area contributed by atoms with Crippen molar-refractivity contribution in [3.8, 4) is 11.4 Å². The SMILES string of the molecule is O=C(Nc1ccccc1Cc1nc(-c2ccncc2)no1)[C@H]1CCOC1. The van der Waals surface area contributed by atoms with Gasteiger partial charge in [-0.05, 0) is 30.2 Å². The third kappa shape index (κ3) is 3.62. The summed E-state index contributed by atoms with van der Waals surface area (Å²) in [5.41, 5.74) is 2.52. The Morgan fingerprint density at radius 1 is 1.19 bits per heavy atom. The molecule has 1 atom stereocenters. The fraction of sp³-hybridized carbons (Fsp3) is 0.263. The molecular formula is C19H18N4O3. The minimum absolute atomic E-state index is 0.0158. The van der Waals surface area contributed by atoms with E-state index in [9.17, 15) is 4.79 Å². The molecule has 1 aliphatic rings. The lowest BCUT2D eigenvalue weighted by Crippen LogP contribution is -2.23. The second kappa shape index (κ2) is 7.45. The predicted molar refractivity (Wildman–Crippen MR) is 94.3 cm³/mol. The molecule has 132 valence electrons. The predicted octanol–water partition coefficient (Wildman–Crippen LogP) is 2.70. The van der Waals surface area contributed by atoms with Gasteiger partial charge in [-0.25, -0.2) is 0 Å². The van der Waals surface area contributed by atoms with Crippen LogP contribution in [-0.4, -0.2) is 34.2 Å². The Balaban J connectivity index is 1.50. The van der Waals surface area contributed by atoms with Gasteiger partial charge in [0.15, 0.2) is 0 Å². The summed E-state index contributed by atoms with van der Waals surface area (Å²) in [5.74, 6) is 0.900. The van der Waals surface area contributed by atoms with E-state index in [1.165, 1.54) is 0 Å². The fourth-order valence-corrected chi connectivity index (χ4v) is 2.88. The van der Waals surface area contributed by atoms with Crippen LogP contribution < -0.4 is 5.32 Å². The molecule has 0 aliphatic carbocycles. The molecule has 0 radical (unpaired) electrons. The Kier molecular flexibility index (Phi) is 4.70. The first-order valence-electron chi connectivity index (χ1n) is 8.49. The first-order valence-corrected chi connectivity index (χ1v) is 8.49. The fourth-order valence-electron chi connectivity index (χ4n) is 2.88. The van der Waals surface area contributed by atoms with Crippen molar-refractivity contribution in [2.45, 2.75) is 12.8 Å². The number of carbonyl (C=O) groups is 1. The molecular weight excluding hydrogens is 332 g/mol. The number of nitrogens with zero attached hydrogens (tertiary/aromatic N) is 3.